The summed E-state index contributed by atoms with van der Waals surface area (Å²) >= 11 is 7.38. The molecule has 0 aliphatic rings. The van der Waals surface area contributed by atoms with Gasteiger partial charge in [-0.3, -0.25) is 9.69 Å². The fourth-order valence-electron chi connectivity index (χ4n) is 2.02. The summed E-state index contributed by atoms with van der Waals surface area (Å²) in [6.07, 6.45) is 0.781. The predicted octanol–water partition coefficient (Wildman–Crippen LogP) is 2.54. The van der Waals surface area contributed by atoms with Crippen LogP contribution in [0.15, 0.2) is 12.1 Å². The van der Waals surface area contributed by atoms with E-state index in [-0.39, 0.29) is 18.4 Å². The molecule has 0 fully saturated rings. The molecular weight excluding hydrogens is 324 g/mol. The maximum absolute atomic E-state index is 12.1. The number of esters is 1. The molecule has 0 saturated heterocycles. The van der Waals surface area contributed by atoms with E-state index in [0.717, 1.165) is 15.6 Å². The van der Waals surface area contributed by atoms with Gasteiger partial charge >= 0.3 is 5.97 Å². The molecule has 7 heteroatoms. The largest absolute Gasteiger partial charge is 0.467 e. The van der Waals surface area contributed by atoms with Crippen LogP contribution >= 0.6 is 22.9 Å². The molecule has 2 atom stereocenters. The number of amides is 1. The quantitative estimate of drug-likeness (QED) is 0.735. The molecule has 0 bridgehead atoms. The highest BCUT2D eigenvalue weighted by Gasteiger charge is 2.26. The smallest absolute Gasteiger partial charge is 0.328 e. The Morgan fingerprint density at radius 2 is 2.14 bits per heavy atom. The van der Waals surface area contributed by atoms with Gasteiger partial charge < -0.3 is 10.1 Å². The Morgan fingerprint density at radius 1 is 1.45 bits per heavy atom. The highest BCUT2D eigenvalue weighted by atomic mass is 35.5. The normalized spacial score (nSPS) is 13.7. The van der Waals surface area contributed by atoms with E-state index in [0.29, 0.717) is 6.54 Å². The summed E-state index contributed by atoms with van der Waals surface area (Å²) in [5.74, 6) is -0.575. The van der Waals surface area contributed by atoms with Gasteiger partial charge in [-0.15, -0.1) is 11.3 Å². The van der Waals surface area contributed by atoms with E-state index in [4.69, 9.17) is 16.3 Å². The summed E-state index contributed by atoms with van der Waals surface area (Å²) in [5.41, 5.74) is 0. The number of nitrogens with one attached hydrogen (secondary N) is 1. The number of carbonyl (C=O) groups is 2. The van der Waals surface area contributed by atoms with Crippen LogP contribution in [0.4, 0.5) is 0 Å². The molecule has 5 nitrogen and oxygen atoms in total. The van der Waals surface area contributed by atoms with Crippen molar-refractivity contribution in [3.63, 3.8) is 0 Å². The molecule has 1 aromatic heterocycles. The van der Waals surface area contributed by atoms with Gasteiger partial charge in [-0.2, -0.15) is 0 Å². The van der Waals surface area contributed by atoms with E-state index in [1.165, 1.54) is 18.4 Å². The number of hydrogen-bond donors (Lipinski definition) is 1. The molecule has 1 N–H and O–H groups in total. The second kappa shape index (κ2) is 9.12. The van der Waals surface area contributed by atoms with Crippen molar-refractivity contribution in [2.24, 2.45) is 5.92 Å². The topological polar surface area (TPSA) is 58.6 Å². The van der Waals surface area contributed by atoms with E-state index in [9.17, 15) is 9.59 Å². The second-order valence-electron chi connectivity index (χ2n) is 5.33. The Labute approximate surface area is 140 Å². The van der Waals surface area contributed by atoms with Crippen LogP contribution in [-0.2, 0) is 20.9 Å². The van der Waals surface area contributed by atoms with Crippen molar-refractivity contribution in [3.05, 3.63) is 21.3 Å². The van der Waals surface area contributed by atoms with Crippen LogP contribution in [0.1, 0.15) is 25.1 Å². The first-order chi connectivity index (χ1) is 10.4. The number of carbonyl (C=O) groups excluding carboxylic acids is 2. The summed E-state index contributed by atoms with van der Waals surface area (Å²) in [6.45, 7) is 4.73. The minimum absolute atomic E-state index is 0.0257. The molecule has 22 heavy (non-hydrogen) atoms. The monoisotopic (exact) mass is 346 g/mol. The van der Waals surface area contributed by atoms with E-state index >= 15 is 0 Å². The van der Waals surface area contributed by atoms with Gasteiger partial charge in [-0.25, -0.2) is 4.79 Å². The zero-order valence-electron chi connectivity index (χ0n) is 13.4. The van der Waals surface area contributed by atoms with Crippen LogP contribution in [0.3, 0.4) is 0 Å². The van der Waals surface area contributed by atoms with Crippen molar-refractivity contribution in [3.8, 4) is 0 Å². The average molecular weight is 347 g/mol. The van der Waals surface area contributed by atoms with Crippen molar-refractivity contribution in [1.82, 2.24) is 10.2 Å². The second-order valence-corrected chi connectivity index (χ2v) is 7.13. The van der Waals surface area contributed by atoms with Crippen LogP contribution in [0.2, 0.25) is 4.34 Å². The van der Waals surface area contributed by atoms with E-state index in [2.05, 4.69) is 5.32 Å². The Bertz CT molecular complexity index is 507. The molecular formula is C15H23ClN2O3S. The van der Waals surface area contributed by atoms with Crippen LogP contribution < -0.4 is 5.32 Å². The van der Waals surface area contributed by atoms with Crippen LogP contribution in [0.5, 0.6) is 0 Å². The van der Waals surface area contributed by atoms with Crippen molar-refractivity contribution < 1.29 is 14.3 Å². The molecule has 0 radical (unpaired) electrons. The van der Waals surface area contributed by atoms with Gasteiger partial charge in [-0.1, -0.05) is 31.9 Å². The number of methoxy groups -OCH3 is 1. The summed E-state index contributed by atoms with van der Waals surface area (Å²) < 4.78 is 5.49. The van der Waals surface area contributed by atoms with Gasteiger partial charge in [0, 0.05) is 11.4 Å². The minimum atomic E-state index is -0.605. The Kier molecular flexibility index (Phi) is 7.85. The highest BCUT2D eigenvalue weighted by Crippen LogP contribution is 2.22. The molecule has 0 saturated carbocycles. The van der Waals surface area contributed by atoms with Crippen molar-refractivity contribution in [2.75, 3.05) is 20.7 Å². The molecule has 0 aromatic carbocycles. The lowest BCUT2D eigenvalue weighted by atomic mass is 9.99. The van der Waals surface area contributed by atoms with E-state index < -0.39 is 12.0 Å². The number of likely N-dealkylation sites (N-methyl/N-ethyl adjacent to an activating group) is 1. The van der Waals surface area contributed by atoms with Gasteiger partial charge in [0.1, 0.15) is 6.04 Å². The third-order valence-electron chi connectivity index (χ3n) is 3.45. The molecule has 1 amide bonds. The predicted molar refractivity (Wildman–Crippen MR) is 89.1 cm³/mol. The highest BCUT2D eigenvalue weighted by molar-refractivity contribution is 7.16. The van der Waals surface area contributed by atoms with Gasteiger partial charge in [0.25, 0.3) is 0 Å². The molecule has 1 heterocycles. The number of halogens is 1. The summed E-state index contributed by atoms with van der Waals surface area (Å²) in [4.78, 5) is 26.8. The first kappa shape index (κ1) is 18.9. The zero-order chi connectivity index (χ0) is 16.7. The van der Waals surface area contributed by atoms with Crippen molar-refractivity contribution in [2.45, 2.75) is 32.9 Å². The lowest BCUT2D eigenvalue weighted by Crippen LogP contribution is -2.48. The van der Waals surface area contributed by atoms with Crippen LogP contribution in [-0.4, -0.2) is 43.5 Å². The van der Waals surface area contributed by atoms with Crippen LogP contribution in [0.25, 0.3) is 0 Å². The number of nitrogens with zero attached hydrogens (tertiary/aromatic N) is 1. The number of rotatable bonds is 8. The standard InChI is InChI=1S/C15H23ClN2O3S/c1-5-10(2)14(15(20)21-4)17-13(19)9-18(3)8-11-6-7-12(16)22-11/h6-7,10,14H,5,8-9H2,1-4H3,(H,17,19). The van der Waals surface area contributed by atoms with Gasteiger partial charge in [0.05, 0.1) is 18.0 Å². The summed E-state index contributed by atoms with van der Waals surface area (Å²) in [5, 5.41) is 2.76. The Balaban J connectivity index is 2.53. The molecule has 2 unspecified atom stereocenters. The molecule has 1 aromatic rings. The molecule has 0 spiro atoms. The van der Waals surface area contributed by atoms with Gasteiger partial charge in [-0.05, 0) is 25.1 Å². The third kappa shape index (κ3) is 5.94. The fraction of sp³-hybridized carbons (Fsp3) is 0.600. The number of thiophene rings is 1. The minimum Gasteiger partial charge on any atom is -0.467 e. The fourth-order valence-corrected chi connectivity index (χ4v) is 3.19. The van der Waals surface area contributed by atoms with E-state index in [1.54, 1.807) is 0 Å². The molecule has 0 aliphatic carbocycles. The summed E-state index contributed by atoms with van der Waals surface area (Å²) in [7, 11) is 3.18. The third-order valence-corrected chi connectivity index (χ3v) is 4.67. The molecule has 0 aliphatic heterocycles. The SMILES string of the molecule is CCC(C)C(NC(=O)CN(C)Cc1ccc(Cl)s1)C(=O)OC. The molecule has 1 rings (SSSR count). The lowest BCUT2D eigenvalue weighted by Gasteiger charge is -2.23. The number of ether oxygens (including phenoxy) is 1. The van der Waals surface area contributed by atoms with Crippen molar-refractivity contribution in [1.29, 1.82) is 0 Å². The Morgan fingerprint density at radius 3 is 2.64 bits per heavy atom. The maximum Gasteiger partial charge on any atom is 0.328 e. The van der Waals surface area contributed by atoms with Crippen molar-refractivity contribution >= 4 is 34.8 Å². The van der Waals surface area contributed by atoms with E-state index in [1.807, 2.05) is 37.9 Å². The maximum atomic E-state index is 12.1. The zero-order valence-corrected chi connectivity index (χ0v) is 15.0. The average Bonchev–Trinajstić information content (AvgIpc) is 2.87. The first-order valence-corrected chi connectivity index (χ1v) is 8.36. The Hall–Kier alpha value is -1.11. The number of hydrogen-bond acceptors (Lipinski definition) is 5. The lowest BCUT2D eigenvalue weighted by molar-refractivity contribution is -0.146. The first-order valence-electron chi connectivity index (χ1n) is 7.17. The summed E-state index contributed by atoms with van der Waals surface area (Å²) in [6, 6.07) is 3.18. The van der Waals surface area contributed by atoms with Crippen LogP contribution in [0, 0.1) is 5.92 Å². The van der Waals surface area contributed by atoms with Gasteiger partial charge in [0.15, 0.2) is 0 Å². The van der Waals surface area contributed by atoms with Gasteiger partial charge in [0.2, 0.25) is 5.91 Å². The molecule has 124 valence electrons.